The molecular weight excluding hydrogens is 668 g/mol. The number of esters is 1. The van der Waals surface area contributed by atoms with Crippen molar-refractivity contribution in [2.24, 2.45) is 40.9 Å². The number of carboxylic acid groups (broad SMARTS) is 2. The van der Waals surface area contributed by atoms with E-state index in [1.54, 1.807) is 0 Å². The Hall–Kier alpha value is -2.39. The van der Waals surface area contributed by atoms with Crippen molar-refractivity contribution in [3.63, 3.8) is 0 Å². The molecule has 0 heterocycles. The smallest absolute Gasteiger partial charge is 0.310 e. The monoisotopic (exact) mass is 732 g/mol. The lowest BCUT2D eigenvalue weighted by molar-refractivity contribution is -0.338. The predicted octanol–water partition coefficient (Wildman–Crippen LogP) is 7.33. The summed E-state index contributed by atoms with van der Waals surface area (Å²) in [5.74, 6) is -3.26. The lowest BCUT2D eigenvalue weighted by Crippen LogP contribution is -2.42. The van der Waals surface area contributed by atoms with Crippen LogP contribution in [0.5, 0.6) is 0 Å². The molecule has 294 valence electrons. The van der Waals surface area contributed by atoms with Gasteiger partial charge in [0.1, 0.15) is 18.3 Å². The van der Waals surface area contributed by atoms with Crippen LogP contribution in [0.4, 0.5) is 0 Å². The third-order valence-electron chi connectivity index (χ3n) is 13.5. The van der Waals surface area contributed by atoms with Gasteiger partial charge in [0, 0.05) is 5.92 Å². The van der Waals surface area contributed by atoms with Gasteiger partial charge in [-0.1, -0.05) is 39.5 Å². The summed E-state index contributed by atoms with van der Waals surface area (Å²) in [5, 5.41) is 19.6. The molecule has 5 aliphatic carbocycles. The second-order valence-corrected chi connectivity index (χ2v) is 16.9. The average molecular weight is 733 g/mol. The fourth-order valence-corrected chi connectivity index (χ4v) is 10.1. The number of carbonyl (C=O) groups is 3. The first-order valence-electron chi connectivity index (χ1n) is 20.3. The molecule has 0 aliphatic heterocycles. The first kappa shape index (κ1) is 40.8. The highest BCUT2D eigenvalue weighted by atomic mass is 17.2. The van der Waals surface area contributed by atoms with E-state index in [9.17, 15) is 24.6 Å². The summed E-state index contributed by atoms with van der Waals surface area (Å²) >= 11 is 0. The highest BCUT2D eigenvalue weighted by Gasteiger charge is 2.44. The van der Waals surface area contributed by atoms with Crippen molar-refractivity contribution in [3.8, 4) is 12.5 Å². The van der Waals surface area contributed by atoms with Crippen LogP contribution in [0.15, 0.2) is 0 Å². The molecule has 0 spiro atoms. The molecule has 0 radical (unpaired) electrons. The Morgan fingerprint density at radius 3 is 1.81 bits per heavy atom. The molecule has 0 aromatic rings. The molecule has 2 N–H and O–H groups in total. The average Bonchev–Trinajstić information content (AvgIpc) is 3.14. The molecule has 11 heteroatoms. The van der Waals surface area contributed by atoms with Crippen LogP contribution in [0.2, 0.25) is 0 Å². The number of rotatable bonds is 16. The number of ether oxygens (including phenoxy) is 4. The Morgan fingerprint density at radius 1 is 0.635 bits per heavy atom. The van der Waals surface area contributed by atoms with E-state index in [1.165, 1.54) is 19.3 Å². The maximum atomic E-state index is 13.2. The molecule has 5 aliphatic rings. The molecule has 6 unspecified atom stereocenters. The fourth-order valence-electron chi connectivity index (χ4n) is 10.1. The summed E-state index contributed by atoms with van der Waals surface area (Å²) < 4.78 is 23.3. The minimum Gasteiger partial charge on any atom is -0.481 e. The number of carbonyl (C=O) groups excluding carboxylic acids is 1. The summed E-state index contributed by atoms with van der Waals surface area (Å²) in [6.45, 7) is 6.12. The Bertz CT molecular complexity index is 1180. The van der Waals surface area contributed by atoms with Crippen molar-refractivity contribution in [2.75, 3.05) is 19.8 Å². The SMILES string of the molecule is C#COC1CCC(C(=O)O)C(C(=O)OC2CCC(C(C)(C)C3CCC(OOCC4CC(OCCOC5CCCCC5)CCC4C(=O)O)CC3)CC2)C1. The van der Waals surface area contributed by atoms with Crippen LogP contribution in [-0.4, -0.2) is 78.5 Å². The van der Waals surface area contributed by atoms with Crippen LogP contribution in [0, 0.1) is 53.5 Å². The second-order valence-electron chi connectivity index (χ2n) is 16.9. The van der Waals surface area contributed by atoms with E-state index in [-0.39, 0.29) is 48.8 Å². The zero-order chi connectivity index (χ0) is 37.1. The first-order chi connectivity index (χ1) is 25.0. The third kappa shape index (κ3) is 11.3. The zero-order valence-corrected chi connectivity index (χ0v) is 31.6. The highest BCUT2D eigenvalue weighted by molar-refractivity contribution is 5.81. The van der Waals surface area contributed by atoms with Crippen LogP contribution in [0.3, 0.4) is 0 Å². The summed E-state index contributed by atoms with van der Waals surface area (Å²) in [4.78, 5) is 48.7. The molecule has 0 bridgehead atoms. The Kier molecular flexibility index (Phi) is 15.5. The normalized spacial score (nSPS) is 34.9. The van der Waals surface area contributed by atoms with Crippen molar-refractivity contribution < 1.29 is 53.3 Å². The largest absolute Gasteiger partial charge is 0.481 e. The van der Waals surface area contributed by atoms with E-state index < -0.39 is 35.7 Å². The number of hydrogen-bond donors (Lipinski definition) is 2. The quantitative estimate of drug-likeness (QED) is 0.0540. The van der Waals surface area contributed by atoms with Crippen molar-refractivity contribution in [3.05, 3.63) is 0 Å². The molecule has 0 amide bonds. The van der Waals surface area contributed by atoms with Gasteiger partial charge in [0.05, 0.1) is 55.9 Å². The Balaban J connectivity index is 0.993. The Morgan fingerprint density at radius 2 is 1.19 bits per heavy atom. The first-order valence-corrected chi connectivity index (χ1v) is 20.3. The summed E-state index contributed by atoms with van der Waals surface area (Å²) in [6, 6.07) is 0. The maximum absolute atomic E-state index is 13.2. The van der Waals surface area contributed by atoms with Crippen molar-refractivity contribution in [1.29, 1.82) is 0 Å². The van der Waals surface area contributed by atoms with E-state index in [2.05, 4.69) is 20.0 Å². The molecule has 5 fully saturated rings. The standard InChI is InChI=1S/C41H64O11/c1-4-47-34-19-21-36(39(44)45)37(25-34)40(46)51-31-14-10-28(11-15-31)41(2,3)29-12-16-32(17-13-29)52-50-26-27-24-33(18-20-35(27)38(42)43)49-23-22-48-30-8-6-5-7-9-30/h1,27-37H,5-26H2,2-3H3,(H,42,43)(H,44,45). The molecule has 0 aromatic heterocycles. The van der Waals surface area contributed by atoms with Crippen LogP contribution >= 0.6 is 0 Å². The lowest BCUT2D eigenvalue weighted by Gasteiger charge is -2.46. The highest BCUT2D eigenvalue weighted by Crippen LogP contribution is 2.49. The second kappa shape index (κ2) is 19.8. The van der Waals surface area contributed by atoms with E-state index in [1.807, 2.05) is 0 Å². The zero-order valence-electron chi connectivity index (χ0n) is 31.6. The van der Waals surface area contributed by atoms with Crippen LogP contribution in [-0.2, 0) is 43.1 Å². The minimum atomic E-state index is -0.973. The molecule has 0 saturated heterocycles. The van der Waals surface area contributed by atoms with E-state index in [0.717, 1.165) is 70.6 Å². The van der Waals surface area contributed by atoms with Gasteiger partial charge in [0.2, 0.25) is 0 Å². The van der Waals surface area contributed by atoms with Gasteiger partial charge < -0.3 is 29.2 Å². The predicted molar refractivity (Wildman–Crippen MR) is 192 cm³/mol. The number of terminal acetylenes is 1. The summed E-state index contributed by atoms with van der Waals surface area (Å²) in [7, 11) is 0. The van der Waals surface area contributed by atoms with Crippen LogP contribution in [0.25, 0.3) is 0 Å². The number of hydrogen-bond acceptors (Lipinski definition) is 9. The molecular formula is C41H64O11. The van der Waals surface area contributed by atoms with Crippen molar-refractivity contribution >= 4 is 17.9 Å². The van der Waals surface area contributed by atoms with Gasteiger partial charge in [-0.3, -0.25) is 14.4 Å². The van der Waals surface area contributed by atoms with Gasteiger partial charge >= 0.3 is 17.9 Å². The van der Waals surface area contributed by atoms with Crippen molar-refractivity contribution in [2.45, 2.75) is 166 Å². The topological polar surface area (TPSA) is 147 Å². The molecule has 52 heavy (non-hydrogen) atoms. The van der Waals surface area contributed by atoms with Crippen molar-refractivity contribution in [1.82, 2.24) is 0 Å². The lowest BCUT2D eigenvalue weighted by atomic mass is 9.60. The van der Waals surface area contributed by atoms with Gasteiger partial charge in [0.25, 0.3) is 0 Å². The van der Waals surface area contributed by atoms with E-state index >= 15 is 0 Å². The van der Waals surface area contributed by atoms with Gasteiger partial charge in [0.15, 0.2) is 0 Å². The maximum Gasteiger partial charge on any atom is 0.310 e. The van der Waals surface area contributed by atoms with Crippen LogP contribution in [0.1, 0.15) is 136 Å². The van der Waals surface area contributed by atoms with Gasteiger partial charge in [-0.2, -0.15) is 0 Å². The number of aliphatic carboxylic acids is 2. The molecule has 5 saturated carbocycles. The van der Waals surface area contributed by atoms with Gasteiger partial charge in [-0.05, 0) is 120 Å². The van der Waals surface area contributed by atoms with E-state index in [4.69, 9.17) is 35.1 Å². The Labute approximate surface area is 310 Å². The van der Waals surface area contributed by atoms with Crippen LogP contribution < -0.4 is 0 Å². The molecule has 6 atom stereocenters. The van der Waals surface area contributed by atoms with Gasteiger partial charge in [-0.15, -0.1) is 0 Å². The fraction of sp³-hybridized carbons (Fsp3) is 0.878. The van der Waals surface area contributed by atoms with E-state index in [0.29, 0.717) is 56.8 Å². The summed E-state index contributed by atoms with van der Waals surface area (Å²) in [5.41, 5.74) is 0.117. The minimum absolute atomic E-state index is 0.00176. The van der Waals surface area contributed by atoms with Gasteiger partial charge in [-0.25, -0.2) is 9.78 Å². The number of carboxylic acids is 2. The molecule has 5 rings (SSSR count). The summed E-state index contributed by atoms with van der Waals surface area (Å²) in [6.07, 6.45) is 23.8. The third-order valence-corrected chi connectivity index (χ3v) is 13.5. The molecule has 11 nitrogen and oxygen atoms in total. The molecule has 0 aromatic carbocycles.